The van der Waals surface area contributed by atoms with Gasteiger partial charge in [-0.1, -0.05) is 12.1 Å². The monoisotopic (exact) mass is 348 g/mol. The van der Waals surface area contributed by atoms with Gasteiger partial charge in [-0.15, -0.1) is 0 Å². The van der Waals surface area contributed by atoms with Gasteiger partial charge in [-0.2, -0.15) is 0 Å². The van der Waals surface area contributed by atoms with E-state index in [1.54, 1.807) is 12.1 Å². The summed E-state index contributed by atoms with van der Waals surface area (Å²) >= 11 is 0. The predicted molar refractivity (Wildman–Crippen MR) is 91.2 cm³/mol. The van der Waals surface area contributed by atoms with E-state index in [0.29, 0.717) is 24.6 Å². The second-order valence-corrected chi connectivity index (χ2v) is 7.00. The topological polar surface area (TPSA) is 58.6 Å². The van der Waals surface area contributed by atoms with E-state index in [9.17, 15) is 14.0 Å². The second kappa shape index (κ2) is 7.95. The number of hydrogen-bond donors (Lipinski definition) is 1. The number of methoxy groups -OCH3 is 1. The summed E-state index contributed by atoms with van der Waals surface area (Å²) < 4.78 is 18.2. The van der Waals surface area contributed by atoms with E-state index < -0.39 is 6.04 Å². The first-order valence-electron chi connectivity index (χ1n) is 8.93. The molecule has 3 rings (SSSR count). The average Bonchev–Trinajstić information content (AvgIpc) is 3.46. The van der Waals surface area contributed by atoms with Crippen molar-refractivity contribution in [2.75, 3.05) is 26.7 Å². The number of halogens is 1. The maximum atomic E-state index is 13.2. The smallest absolute Gasteiger partial charge is 0.327 e. The van der Waals surface area contributed by atoms with Gasteiger partial charge in [0, 0.05) is 13.1 Å². The molecule has 1 saturated heterocycles. The minimum absolute atomic E-state index is 0.0688. The molecule has 0 radical (unpaired) electrons. The number of ether oxygens (including phenoxy) is 1. The molecule has 1 N–H and O–H groups in total. The van der Waals surface area contributed by atoms with Crippen LogP contribution < -0.4 is 5.32 Å². The van der Waals surface area contributed by atoms with Gasteiger partial charge in [0.05, 0.1) is 13.0 Å². The molecule has 2 fully saturated rings. The van der Waals surface area contributed by atoms with Gasteiger partial charge in [0.15, 0.2) is 0 Å². The average molecular weight is 348 g/mol. The van der Waals surface area contributed by atoms with Crippen LogP contribution in [0.1, 0.15) is 37.3 Å². The SMILES string of the molecule is COC(=O)[C@H](c1ccc(F)cc1)N1CCC[C@@H](C(=O)NCC2CC2)C1. The first kappa shape index (κ1) is 17.9. The van der Waals surface area contributed by atoms with Gasteiger partial charge in [0.1, 0.15) is 11.9 Å². The molecule has 1 aliphatic heterocycles. The predicted octanol–water partition coefficient (Wildman–Crippen LogP) is 2.28. The van der Waals surface area contributed by atoms with Crippen molar-refractivity contribution in [3.05, 3.63) is 35.6 Å². The van der Waals surface area contributed by atoms with Crippen LogP contribution in [-0.4, -0.2) is 43.5 Å². The number of piperidine rings is 1. The molecule has 1 saturated carbocycles. The van der Waals surface area contributed by atoms with E-state index in [1.807, 2.05) is 4.90 Å². The number of rotatable bonds is 6. The van der Waals surface area contributed by atoms with Gasteiger partial charge < -0.3 is 10.1 Å². The molecule has 1 aromatic rings. The highest BCUT2D eigenvalue weighted by atomic mass is 19.1. The van der Waals surface area contributed by atoms with Crippen LogP contribution >= 0.6 is 0 Å². The van der Waals surface area contributed by atoms with E-state index in [4.69, 9.17) is 4.74 Å². The van der Waals surface area contributed by atoms with E-state index in [-0.39, 0.29) is 23.6 Å². The lowest BCUT2D eigenvalue weighted by atomic mass is 9.94. The van der Waals surface area contributed by atoms with Crippen molar-refractivity contribution in [3.63, 3.8) is 0 Å². The molecule has 0 unspecified atom stereocenters. The van der Waals surface area contributed by atoms with Crippen LogP contribution in [0.25, 0.3) is 0 Å². The summed E-state index contributed by atoms with van der Waals surface area (Å²) in [7, 11) is 1.35. The number of esters is 1. The van der Waals surface area contributed by atoms with Gasteiger partial charge in [0.2, 0.25) is 5.91 Å². The quantitative estimate of drug-likeness (QED) is 0.802. The lowest BCUT2D eigenvalue weighted by Crippen LogP contribution is -2.46. The third-order valence-electron chi connectivity index (χ3n) is 5.06. The van der Waals surface area contributed by atoms with Crippen molar-refractivity contribution in [2.45, 2.75) is 31.7 Å². The Balaban J connectivity index is 1.69. The summed E-state index contributed by atoms with van der Waals surface area (Å²) in [5, 5.41) is 3.03. The van der Waals surface area contributed by atoms with E-state index in [0.717, 1.165) is 19.4 Å². The molecule has 1 amide bonds. The van der Waals surface area contributed by atoms with E-state index in [1.165, 1.54) is 32.1 Å². The Kier molecular flexibility index (Phi) is 5.68. The number of nitrogens with zero attached hydrogens (tertiary/aromatic N) is 1. The highest BCUT2D eigenvalue weighted by Crippen LogP contribution is 2.30. The zero-order chi connectivity index (χ0) is 17.8. The fourth-order valence-corrected chi connectivity index (χ4v) is 3.42. The molecule has 1 aromatic carbocycles. The Morgan fingerprint density at radius 2 is 2.00 bits per heavy atom. The van der Waals surface area contributed by atoms with Crippen molar-refractivity contribution < 1.29 is 18.7 Å². The molecule has 6 heteroatoms. The summed E-state index contributed by atoms with van der Waals surface area (Å²) in [6.45, 7) is 1.98. The molecule has 0 aromatic heterocycles. The highest BCUT2D eigenvalue weighted by molar-refractivity contribution is 5.80. The fourth-order valence-electron chi connectivity index (χ4n) is 3.42. The minimum Gasteiger partial charge on any atom is -0.468 e. The zero-order valence-corrected chi connectivity index (χ0v) is 14.5. The van der Waals surface area contributed by atoms with Crippen LogP contribution in [0.5, 0.6) is 0 Å². The Morgan fingerprint density at radius 1 is 1.28 bits per heavy atom. The van der Waals surface area contributed by atoms with Crippen molar-refractivity contribution in [1.82, 2.24) is 10.2 Å². The summed E-state index contributed by atoms with van der Waals surface area (Å²) in [5.41, 5.74) is 0.687. The lowest BCUT2D eigenvalue weighted by molar-refractivity contribution is -0.149. The number of nitrogens with one attached hydrogen (secondary N) is 1. The van der Waals surface area contributed by atoms with Crippen LogP contribution in [0, 0.1) is 17.7 Å². The fraction of sp³-hybridized carbons (Fsp3) is 0.579. The normalized spacial score (nSPS) is 22.2. The number of amides is 1. The Morgan fingerprint density at radius 3 is 2.64 bits per heavy atom. The Labute approximate surface area is 147 Å². The number of hydrogen-bond acceptors (Lipinski definition) is 4. The Bertz CT molecular complexity index is 616. The zero-order valence-electron chi connectivity index (χ0n) is 14.5. The molecule has 2 atom stereocenters. The van der Waals surface area contributed by atoms with Crippen molar-refractivity contribution in [3.8, 4) is 0 Å². The first-order valence-corrected chi connectivity index (χ1v) is 8.93. The molecule has 0 spiro atoms. The summed E-state index contributed by atoms with van der Waals surface area (Å²) in [5.74, 6) is -0.140. The van der Waals surface area contributed by atoms with E-state index >= 15 is 0 Å². The third-order valence-corrected chi connectivity index (χ3v) is 5.06. The van der Waals surface area contributed by atoms with Crippen LogP contribution in [0.2, 0.25) is 0 Å². The molecule has 136 valence electrons. The maximum Gasteiger partial charge on any atom is 0.327 e. The number of benzene rings is 1. The third kappa shape index (κ3) is 4.57. The van der Waals surface area contributed by atoms with Crippen LogP contribution in [0.15, 0.2) is 24.3 Å². The summed E-state index contributed by atoms with van der Waals surface area (Å²) in [6, 6.07) is 5.29. The van der Waals surface area contributed by atoms with Crippen LogP contribution in [0.3, 0.4) is 0 Å². The Hall–Kier alpha value is -1.95. The van der Waals surface area contributed by atoms with Crippen molar-refractivity contribution in [1.29, 1.82) is 0 Å². The van der Waals surface area contributed by atoms with Gasteiger partial charge in [-0.3, -0.25) is 9.69 Å². The van der Waals surface area contributed by atoms with Gasteiger partial charge in [-0.25, -0.2) is 9.18 Å². The standard InChI is InChI=1S/C19H25FN2O3/c1-25-19(24)17(14-6-8-16(20)9-7-14)22-10-2-3-15(12-22)18(23)21-11-13-4-5-13/h6-9,13,15,17H,2-5,10-12H2,1H3,(H,21,23)/t15-,17+/m1/s1. The molecule has 1 heterocycles. The van der Waals surface area contributed by atoms with Gasteiger partial charge in [0.25, 0.3) is 0 Å². The summed E-state index contributed by atoms with van der Waals surface area (Å²) in [4.78, 5) is 26.7. The van der Waals surface area contributed by atoms with E-state index in [2.05, 4.69) is 5.32 Å². The largest absolute Gasteiger partial charge is 0.468 e. The molecule has 25 heavy (non-hydrogen) atoms. The number of carbonyl (C=O) groups is 2. The van der Waals surface area contributed by atoms with Gasteiger partial charge in [-0.05, 0) is 55.8 Å². The van der Waals surface area contributed by atoms with Crippen molar-refractivity contribution >= 4 is 11.9 Å². The van der Waals surface area contributed by atoms with Crippen LogP contribution in [-0.2, 0) is 14.3 Å². The highest BCUT2D eigenvalue weighted by Gasteiger charge is 2.35. The molecule has 0 bridgehead atoms. The lowest BCUT2D eigenvalue weighted by Gasteiger charge is -2.36. The van der Waals surface area contributed by atoms with Crippen molar-refractivity contribution in [2.24, 2.45) is 11.8 Å². The minimum atomic E-state index is -0.607. The number of likely N-dealkylation sites (tertiary alicyclic amines) is 1. The molecular formula is C19H25FN2O3. The van der Waals surface area contributed by atoms with Gasteiger partial charge >= 0.3 is 5.97 Å². The first-order chi connectivity index (χ1) is 12.1. The maximum absolute atomic E-state index is 13.2. The molecule has 1 aliphatic carbocycles. The second-order valence-electron chi connectivity index (χ2n) is 7.00. The summed E-state index contributed by atoms with van der Waals surface area (Å²) in [6.07, 6.45) is 4.07. The van der Waals surface area contributed by atoms with Crippen LogP contribution in [0.4, 0.5) is 4.39 Å². The number of carbonyl (C=O) groups excluding carboxylic acids is 2. The molecular weight excluding hydrogens is 323 g/mol. The molecule has 5 nitrogen and oxygen atoms in total. The molecule has 2 aliphatic rings.